The molecule has 0 unspecified atom stereocenters. The smallest absolute Gasteiger partial charge is 0.251 e. The number of aromatic nitrogens is 1. The fraction of sp³-hybridized carbons (Fsp3) is 0.133. The second-order valence-corrected chi connectivity index (χ2v) is 4.04. The van der Waals surface area contributed by atoms with Gasteiger partial charge in [0.05, 0.1) is 12.5 Å². The summed E-state index contributed by atoms with van der Waals surface area (Å²) in [6, 6.07) is 12.9. The molecule has 0 radical (unpaired) electrons. The Balaban J connectivity index is 2.06. The Labute approximate surface area is 111 Å². The second-order valence-electron chi connectivity index (χ2n) is 4.04. The summed E-state index contributed by atoms with van der Waals surface area (Å²) in [5.41, 5.74) is 2.23. The summed E-state index contributed by atoms with van der Waals surface area (Å²) >= 11 is 0. The first-order valence-corrected chi connectivity index (χ1v) is 5.93. The Morgan fingerprint density at radius 3 is 2.84 bits per heavy atom. The molecule has 1 amide bonds. The molecule has 1 heterocycles. The van der Waals surface area contributed by atoms with Gasteiger partial charge in [-0.1, -0.05) is 24.3 Å². The number of carbonyl (C=O) groups excluding carboxylic acids is 1. The second kappa shape index (κ2) is 6.31. The highest BCUT2D eigenvalue weighted by Crippen LogP contribution is 2.09. The summed E-state index contributed by atoms with van der Waals surface area (Å²) in [6.45, 7) is 0.424. The number of hydrogen-bond donors (Lipinski definition) is 1. The van der Waals surface area contributed by atoms with Crippen LogP contribution in [0.2, 0.25) is 0 Å². The molecule has 1 aromatic carbocycles. The van der Waals surface area contributed by atoms with Gasteiger partial charge < -0.3 is 5.32 Å². The SMILES string of the molecule is N#CCc1ccccc1C(=O)NCc1cccnc1. The minimum Gasteiger partial charge on any atom is -0.348 e. The number of carbonyl (C=O) groups is 1. The van der Waals surface area contributed by atoms with E-state index < -0.39 is 0 Å². The number of nitrogens with one attached hydrogen (secondary N) is 1. The third-order valence-corrected chi connectivity index (χ3v) is 2.71. The molecule has 94 valence electrons. The Hall–Kier alpha value is -2.67. The van der Waals surface area contributed by atoms with E-state index in [1.54, 1.807) is 30.6 Å². The minimum atomic E-state index is -0.172. The zero-order valence-corrected chi connectivity index (χ0v) is 10.3. The predicted molar refractivity (Wildman–Crippen MR) is 71.2 cm³/mol. The largest absolute Gasteiger partial charge is 0.348 e. The Morgan fingerprint density at radius 1 is 1.26 bits per heavy atom. The highest BCUT2D eigenvalue weighted by atomic mass is 16.1. The van der Waals surface area contributed by atoms with Crippen LogP contribution in [0.1, 0.15) is 21.5 Å². The molecule has 0 bridgehead atoms. The van der Waals surface area contributed by atoms with E-state index in [0.717, 1.165) is 11.1 Å². The van der Waals surface area contributed by atoms with Gasteiger partial charge in [-0.15, -0.1) is 0 Å². The first kappa shape index (κ1) is 12.8. The van der Waals surface area contributed by atoms with Gasteiger partial charge in [0.15, 0.2) is 0 Å². The molecule has 1 aromatic heterocycles. The standard InChI is InChI=1S/C15H13N3O/c16-8-7-13-5-1-2-6-14(13)15(19)18-11-12-4-3-9-17-10-12/h1-6,9-10H,7,11H2,(H,18,19). The number of nitrogens with zero attached hydrogens (tertiary/aromatic N) is 2. The van der Waals surface area contributed by atoms with Gasteiger partial charge in [0.2, 0.25) is 0 Å². The Morgan fingerprint density at radius 2 is 2.11 bits per heavy atom. The Bertz CT molecular complexity index is 602. The van der Waals surface area contributed by atoms with E-state index >= 15 is 0 Å². The van der Waals surface area contributed by atoms with Crippen molar-refractivity contribution < 1.29 is 4.79 Å². The van der Waals surface area contributed by atoms with Crippen molar-refractivity contribution in [2.75, 3.05) is 0 Å². The van der Waals surface area contributed by atoms with E-state index in [4.69, 9.17) is 5.26 Å². The van der Waals surface area contributed by atoms with E-state index in [0.29, 0.717) is 12.1 Å². The van der Waals surface area contributed by atoms with Crippen LogP contribution in [0.25, 0.3) is 0 Å². The molecule has 4 heteroatoms. The van der Waals surface area contributed by atoms with Crippen molar-refractivity contribution in [1.29, 1.82) is 5.26 Å². The molecule has 0 aliphatic heterocycles. The summed E-state index contributed by atoms with van der Waals surface area (Å²) in [4.78, 5) is 16.1. The summed E-state index contributed by atoms with van der Waals surface area (Å²) < 4.78 is 0. The third kappa shape index (κ3) is 3.39. The maximum absolute atomic E-state index is 12.1. The maximum atomic E-state index is 12.1. The topological polar surface area (TPSA) is 65.8 Å². The number of benzene rings is 1. The average molecular weight is 251 g/mol. The van der Waals surface area contributed by atoms with E-state index in [-0.39, 0.29) is 12.3 Å². The lowest BCUT2D eigenvalue weighted by Gasteiger charge is -2.08. The van der Waals surface area contributed by atoms with Crippen LogP contribution in [-0.4, -0.2) is 10.9 Å². The summed E-state index contributed by atoms with van der Waals surface area (Å²) in [7, 11) is 0. The average Bonchev–Trinajstić information content (AvgIpc) is 2.47. The Kier molecular flexibility index (Phi) is 4.25. The van der Waals surface area contributed by atoms with E-state index in [9.17, 15) is 4.79 Å². The number of hydrogen-bond acceptors (Lipinski definition) is 3. The first-order valence-electron chi connectivity index (χ1n) is 5.93. The van der Waals surface area contributed by atoms with E-state index in [2.05, 4.69) is 16.4 Å². The molecular weight excluding hydrogens is 238 g/mol. The van der Waals surface area contributed by atoms with Crippen LogP contribution >= 0.6 is 0 Å². The number of amides is 1. The molecule has 4 nitrogen and oxygen atoms in total. The highest BCUT2D eigenvalue weighted by molar-refractivity contribution is 5.95. The lowest BCUT2D eigenvalue weighted by molar-refractivity contribution is 0.0950. The quantitative estimate of drug-likeness (QED) is 0.904. The van der Waals surface area contributed by atoms with Crippen LogP contribution in [-0.2, 0) is 13.0 Å². The lowest BCUT2D eigenvalue weighted by atomic mass is 10.0. The van der Waals surface area contributed by atoms with Crippen LogP contribution in [0.15, 0.2) is 48.8 Å². The van der Waals surface area contributed by atoms with Crippen LogP contribution < -0.4 is 5.32 Å². The van der Waals surface area contributed by atoms with Gasteiger partial charge in [0, 0.05) is 24.5 Å². The number of nitriles is 1. The van der Waals surface area contributed by atoms with Gasteiger partial charge in [-0.25, -0.2) is 0 Å². The fourth-order valence-electron chi connectivity index (χ4n) is 1.76. The van der Waals surface area contributed by atoms with E-state index in [1.807, 2.05) is 18.2 Å². The molecule has 2 aromatic rings. The zero-order valence-electron chi connectivity index (χ0n) is 10.3. The number of pyridine rings is 1. The lowest BCUT2D eigenvalue weighted by Crippen LogP contribution is -2.24. The predicted octanol–water partition coefficient (Wildman–Crippen LogP) is 2.08. The van der Waals surface area contributed by atoms with Gasteiger partial charge in [-0.05, 0) is 23.3 Å². The molecule has 0 atom stereocenters. The van der Waals surface area contributed by atoms with Gasteiger partial charge in [-0.2, -0.15) is 5.26 Å². The van der Waals surface area contributed by atoms with Gasteiger partial charge >= 0.3 is 0 Å². The molecule has 0 saturated carbocycles. The van der Waals surface area contributed by atoms with E-state index in [1.165, 1.54) is 0 Å². The van der Waals surface area contributed by atoms with Crippen molar-refractivity contribution in [2.45, 2.75) is 13.0 Å². The molecule has 2 rings (SSSR count). The molecule has 0 spiro atoms. The molecule has 1 N–H and O–H groups in total. The van der Waals surface area contributed by atoms with Crippen molar-refractivity contribution >= 4 is 5.91 Å². The minimum absolute atomic E-state index is 0.172. The molecular formula is C15H13N3O. The van der Waals surface area contributed by atoms with Crippen molar-refractivity contribution in [1.82, 2.24) is 10.3 Å². The maximum Gasteiger partial charge on any atom is 0.251 e. The van der Waals surface area contributed by atoms with Crippen molar-refractivity contribution in [2.24, 2.45) is 0 Å². The van der Waals surface area contributed by atoms with Crippen molar-refractivity contribution in [3.8, 4) is 6.07 Å². The molecule has 0 saturated heterocycles. The van der Waals surface area contributed by atoms with Gasteiger partial charge in [-0.3, -0.25) is 9.78 Å². The van der Waals surface area contributed by atoms with Crippen LogP contribution in [0.5, 0.6) is 0 Å². The number of rotatable bonds is 4. The highest BCUT2D eigenvalue weighted by Gasteiger charge is 2.09. The van der Waals surface area contributed by atoms with Crippen LogP contribution in [0.3, 0.4) is 0 Å². The van der Waals surface area contributed by atoms with Crippen molar-refractivity contribution in [3.63, 3.8) is 0 Å². The van der Waals surface area contributed by atoms with Crippen LogP contribution in [0, 0.1) is 11.3 Å². The normalized spacial score (nSPS) is 9.63. The zero-order chi connectivity index (χ0) is 13.5. The van der Waals surface area contributed by atoms with Gasteiger partial charge in [0.1, 0.15) is 0 Å². The third-order valence-electron chi connectivity index (χ3n) is 2.71. The fourth-order valence-corrected chi connectivity index (χ4v) is 1.76. The molecule has 19 heavy (non-hydrogen) atoms. The van der Waals surface area contributed by atoms with Crippen LogP contribution in [0.4, 0.5) is 0 Å². The first-order chi connectivity index (χ1) is 9.31. The summed E-state index contributed by atoms with van der Waals surface area (Å²) in [5.74, 6) is -0.172. The monoisotopic (exact) mass is 251 g/mol. The summed E-state index contributed by atoms with van der Waals surface area (Å²) in [6.07, 6.45) is 3.63. The molecule has 0 fully saturated rings. The summed E-state index contributed by atoms with van der Waals surface area (Å²) in [5, 5.41) is 11.6. The molecule has 0 aliphatic carbocycles. The van der Waals surface area contributed by atoms with Gasteiger partial charge in [0.25, 0.3) is 5.91 Å². The van der Waals surface area contributed by atoms with Crippen molar-refractivity contribution in [3.05, 3.63) is 65.5 Å². The molecule has 0 aliphatic rings.